The van der Waals surface area contributed by atoms with E-state index >= 15 is 0 Å². The van der Waals surface area contributed by atoms with Crippen LogP contribution in [0.15, 0.2) is 115 Å². The summed E-state index contributed by atoms with van der Waals surface area (Å²) in [5, 5.41) is 3.16. The van der Waals surface area contributed by atoms with Crippen molar-refractivity contribution in [2.75, 3.05) is 0 Å². The lowest BCUT2D eigenvalue weighted by molar-refractivity contribution is -0.139. The molecule has 1 atom stereocenters. The van der Waals surface area contributed by atoms with Crippen molar-refractivity contribution in [1.82, 2.24) is 5.32 Å². The lowest BCUT2D eigenvalue weighted by Crippen LogP contribution is -2.12. The van der Waals surface area contributed by atoms with Crippen LogP contribution in [0.4, 0.5) is 0 Å². The quantitative estimate of drug-likeness (QED) is 0.255. The largest absolute Gasteiger partial charge is 0.485 e. The molecule has 1 N–H and O–H groups in total. The topological polar surface area (TPSA) is 56.8 Å². The lowest BCUT2D eigenvalue weighted by Gasteiger charge is -2.14. The summed E-state index contributed by atoms with van der Waals surface area (Å²) in [6.07, 6.45) is 1.26. The van der Waals surface area contributed by atoms with Crippen molar-refractivity contribution < 1.29 is 19.0 Å². The number of ether oxygens (including phenoxy) is 3. The molecule has 0 aromatic heterocycles. The fraction of sp³-hybridized carbons (Fsp3) is 0.100. The SMILES string of the molecule is O=C1OC(c2ccccc2)NC1=Cc1ccc(OCc2ccccc2)c(OCc2ccccc2)c1. The zero-order valence-corrected chi connectivity index (χ0v) is 19.1. The zero-order chi connectivity index (χ0) is 23.9. The Morgan fingerprint density at radius 1 is 0.714 bits per heavy atom. The average molecular weight is 464 g/mol. The van der Waals surface area contributed by atoms with Crippen LogP contribution in [0.3, 0.4) is 0 Å². The molecule has 1 aliphatic heterocycles. The molecule has 0 saturated carbocycles. The molecule has 4 aromatic rings. The third-order valence-electron chi connectivity index (χ3n) is 5.59. The standard InChI is InChI=1S/C30H25NO4/c32-30-26(31-29(35-30)25-14-8-3-9-15-25)18-24-16-17-27(33-20-22-10-4-1-5-11-22)28(19-24)34-21-23-12-6-2-7-13-23/h1-19,29,31H,20-21H2. The molecular formula is C30H25NO4. The number of carbonyl (C=O) groups excluding carboxylic acids is 1. The van der Waals surface area contributed by atoms with Crippen LogP contribution in [-0.2, 0) is 22.7 Å². The first-order valence-corrected chi connectivity index (χ1v) is 11.5. The van der Waals surface area contributed by atoms with Crippen molar-refractivity contribution in [1.29, 1.82) is 0 Å². The van der Waals surface area contributed by atoms with Gasteiger partial charge in [0, 0.05) is 5.56 Å². The van der Waals surface area contributed by atoms with E-state index in [9.17, 15) is 4.79 Å². The van der Waals surface area contributed by atoms with E-state index in [-0.39, 0.29) is 0 Å². The molecule has 0 bridgehead atoms. The second-order valence-corrected chi connectivity index (χ2v) is 8.15. The normalized spacial score (nSPS) is 15.9. The summed E-state index contributed by atoms with van der Waals surface area (Å²) in [6, 6.07) is 35.2. The van der Waals surface area contributed by atoms with Crippen LogP contribution in [0.5, 0.6) is 11.5 Å². The summed E-state index contributed by atoms with van der Waals surface area (Å²) >= 11 is 0. The fourth-order valence-electron chi connectivity index (χ4n) is 3.76. The predicted octanol–water partition coefficient (Wildman–Crippen LogP) is 6.03. The van der Waals surface area contributed by atoms with Crippen LogP contribution in [0, 0.1) is 0 Å². The number of rotatable bonds is 8. The maximum absolute atomic E-state index is 12.5. The van der Waals surface area contributed by atoms with Gasteiger partial charge < -0.3 is 19.5 Å². The van der Waals surface area contributed by atoms with Crippen molar-refractivity contribution in [3.8, 4) is 11.5 Å². The highest BCUT2D eigenvalue weighted by atomic mass is 16.6. The van der Waals surface area contributed by atoms with Gasteiger partial charge in [0.05, 0.1) is 0 Å². The summed E-state index contributed by atoms with van der Waals surface area (Å²) in [4.78, 5) is 12.5. The van der Waals surface area contributed by atoms with Crippen molar-refractivity contribution in [2.45, 2.75) is 19.4 Å². The number of benzene rings is 4. The van der Waals surface area contributed by atoms with Crippen molar-refractivity contribution in [3.63, 3.8) is 0 Å². The molecule has 1 aliphatic rings. The third-order valence-corrected chi connectivity index (χ3v) is 5.59. The smallest absolute Gasteiger partial charge is 0.356 e. The number of hydrogen-bond donors (Lipinski definition) is 1. The highest BCUT2D eigenvalue weighted by molar-refractivity contribution is 5.95. The highest BCUT2D eigenvalue weighted by Crippen LogP contribution is 2.32. The molecule has 35 heavy (non-hydrogen) atoms. The summed E-state index contributed by atoms with van der Waals surface area (Å²) in [5.74, 6) is 0.844. The maximum Gasteiger partial charge on any atom is 0.356 e. The van der Waals surface area contributed by atoms with Crippen LogP contribution in [0.1, 0.15) is 28.5 Å². The Hall–Kier alpha value is -4.51. The Labute approximate surface area is 204 Å². The van der Waals surface area contributed by atoms with Gasteiger partial charge in [0.15, 0.2) is 17.7 Å². The van der Waals surface area contributed by atoms with Crippen molar-refractivity contribution >= 4 is 12.0 Å². The van der Waals surface area contributed by atoms with Crippen LogP contribution in [0.25, 0.3) is 6.08 Å². The van der Waals surface area contributed by atoms with Crippen LogP contribution in [0.2, 0.25) is 0 Å². The number of cyclic esters (lactones) is 1. The molecule has 1 unspecified atom stereocenters. The zero-order valence-electron chi connectivity index (χ0n) is 19.1. The number of hydrogen-bond acceptors (Lipinski definition) is 5. The molecule has 1 heterocycles. The molecule has 174 valence electrons. The van der Waals surface area contributed by atoms with E-state index in [1.165, 1.54) is 0 Å². The van der Waals surface area contributed by atoms with Crippen molar-refractivity contribution in [3.05, 3.63) is 137 Å². The first kappa shape index (κ1) is 22.3. The number of carbonyl (C=O) groups is 1. The van der Waals surface area contributed by atoms with Gasteiger partial charge in [-0.1, -0.05) is 97.1 Å². The van der Waals surface area contributed by atoms with E-state index in [4.69, 9.17) is 14.2 Å². The van der Waals surface area contributed by atoms with E-state index in [0.717, 1.165) is 22.3 Å². The molecule has 0 amide bonds. The van der Waals surface area contributed by atoms with Crippen molar-refractivity contribution in [2.24, 2.45) is 0 Å². The average Bonchev–Trinajstić information content (AvgIpc) is 3.28. The molecule has 0 radical (unpaired) electrons. The number of nitrogens with one attached hydrogen (secondary N) is 1. The first-order chi connectivity index (χ1) is 17.2. The Morgan fingerprint density at radius 2 is 1.29 bits per heavy atom. The molecule has 4 aromatic carbocycles. The molecule has 0 spiro atoms. The Bertz CT molecular complexity index is 1300. The summed E-state index contributed by atoms with van der Waals surface area (Å²) < 4.78 is 17.7. The van der Waals surface area contributed by atoms with Gasteiger partial charge in [-0.3, -0.25) is 0 Å². The predicted molar refractivity (Wildman–Crippen MR) is 134 cm³/mol. The third kappa shape index (κ3) is 5.71. The van der Waals surface area contributed by atoms with Gasteiger partial charge in [-0.25, -0.2) is 4.79 Å². The molecule has 5 heteroatoms. The second kappa shape index (κ2) is 10.6. The van der Waals surface area contributed by atoms with E-state index in [0.29, 0.717) is 30.4 Å². The molecule has 1 fully saturated rings. The lowest BCUT2D eigenvalue weighted by atomic mass is 10.1. The van der Waals surface area contributed by atoms with Gasteiger partial charge in [0.25, 0.3) is 0 Å². The summed E-state index contributed by atoms with van der Waals surface area (Å²) in [7, 11) is 0. The van der Waals surface area contributed by atoms with E-state index < -0.39 is 12.2 Å². The van der Waals surface area contributed by atoms with Crippen LogP contribution in [-0.4, -0.2) is 5.97 Å². The second-order valence-electron chi connectivity index (χ2n) is 8.15. The summed E-state index contributed by atoms with van der Waals surface area (Å²) in [6.45, 7) is 0.828. The minimum atomic E-state index is -0.503. The van der Waals surface area contributed by atoms with E-state index in [2.05, 4.69) is 5.32 Å². The van der Waals surface area contributed by atoms with Gasteiger partial charge in [-0.2, -0.15) is 0 Å². The Kier molecular flexibility index (Phi) is 6.76. The minimum absolute atomic E-state index is 0.394. The van der Waals surface area contributed by atoms with Crippen LogP contribution >= 0.6 is 0 Å². The minimum Gasteiger partial charge on any atom is -0.485 e. The molecule has 5 rings (SSSR count). The number of esters is 1. The first-order valence-electron chi connectivity index (χ1n) is 11.5. The highest BCUT2D eigenvalue weighted by Gasteiger charge is 2.29. The maximum atomic E-state index is 12.5. The Balaban J connectivity index is 1.37. The molecule has 5 nitrogen and oxygen atoms in total. The Morgan fingerprint density at radius 3 is 1.91 bits per heavy atom. The summed E-state index contributed by atoms with van der Waals surface area (Å²) in [5.41, 5.74) is 4.20. The van der Waals surface area contributed by atoms with Gasteiger partial charge in [0.1, 0.15) is 18.9 Å². The molecular weight excluding hydrogens is 438 g/mol. The monoisotopic (exact) mass is 463 g/mol. The van der Waals surface area contributed by atoms with Gasteiger partial charge in [-0.15, -0.1) is 0 Å². The molecule has 0 aliphatic carbocycles. The van der Waals surface area contributed by atoms with Gasteiger partial charge in [0.2, 0.25) is 0 Å². The van der Waals surface area contributed by atoms with Crippen LogP contribution < -0.4 is 14.8 Å². The van der Waals surface area contributed by atoms with E-state index in [1.54, 1.807) is 6.08 Å². The fourth-order valence-corrected chi connectivity index (χ4v) is 3.76. The molecule has 1 saturated heterocycles. The van der Waals surface area contributed by atoms with Gasteiger partial charge >= 0.3 is 5.97 Å². The van der Waals surface area contributed by atoms with E-state index in [1.807, 2.05) is 109 Å². The van der Waals surface area contributed by atoms with Gasteiger partial charge in [-0.05, 0) is 34.9 Å².